The number of guanidine groups is 1. The summed E-state index contributed by atoms with van der Waals surface area (Å²) in [7, 11) is 0. The zero-order valence-corrected chi connectivity index (χ0v) is 10.2. The van der Waals surface area contributed by atoms with E-state index in [1.165, 1.54) is 6.07 Å². The number of nitro benzene ring substituents is 1. The summed E-state index contributed by atoms with van der Waals surface area (Å²) < 4.78 is 0. The van der Waals surface area contributed by atoms with E-state index in [2.05, 4.69) is 10.3 Å². The molecule has 0 aromatic heterocycles. The molecular weight excluding hydrogens is 285 g/mol. The molecule has 0 spiro atoms. The van der Waals surface area contributed by atoms with Crippen LogP contribution < -0.4 is 16.8 Å². The fraction of sp³-hybridized carbons (Fsp3) is 0. The average molecular weight is 292 g/mol. The minimum absolute atomic E-state index is 0.0616. The first-order valence-corrected chi connectivity index (χ1v) is 5.11. The predicted octanol–water partition coefficient (Wildman–Crippen LogP) is 1.71. The Labute approximate surface area is 111 Å². The highest BCUT2D eigenvalue weighted by Crippen LogP contribution is 2.35. The minimum atomic E-state index is -0.984. The highest BCUT2D eigenvalue weighted by atomic mass is 35.5. The number of benzene rings is 1. The topological polar surface area (TPSA) is 137 Å². The first-order chi connectivity index (χ1) is 8.31. The Bertz CT molecular complexity index is 542. The molecule has 0 bridgehead atoms. The van der Waals surface area contributed by atoms with Gasteiger partial charge in [-0.3, -0.25) is 15.4 Å². The number of hydrogen-bond donors (Lipinski definition) is 3. The van der Waals surface area contributed by atoms with Crippen molar-refractivity contribution in [2.75, 3.05) is 5.32 Å². The number of carbonyl (C=O) groups is 1. The van der Waals surface area contributed by atoms with E-state index in [0.717, 1.165) is 6.07 Å². The summed E-state index contributed by atoms with van der Waals surface area (Å²) in [5.41, 5.74) is 9.27. The van der Waals surface area contributed by atoms with Crippen LogP contribution in [0.2, 0.25) is 10.0 Å². The molecule has 1 rings (SSSR count). The van der Waals surface area contributed by atoms with Gasteiger partial charge in [0.2, 0.25) is 0 Å². The zero-order valence-electron chi connectivity index (χ0n) is 8.68. The molecule has 0 atom stereocenters. The summed E-state index contributed by atoms with van der Waals surface area (Å²) in [6, 6.07) is 1.29. The summed E-state index contributed by atoms with van der Waals surface area (Å²) >= 11 is 11.4. The number of rotatable bonds is 2. The van der Waals surface area contributed by atoms with Crippen LogP contribution in [0.1, 0.15) is 0 Å². The van der Waals surface area contributed by atoms with Gasteiger partial charge in [-0.05, 0) is 6.07 Å². The van der Waals surface area contributed by atoms with Crippen molar-refractivity contribution in [1.82, 2.24) is 0 Å². The van der Waals surface area contributed by atoms with Gasteiger partial charge in [-0.1, -0.05) is 23.2 Å². The Hall–Kier alpha value is -2.06. The van der Waals surface area contributed by atoms with E-state index in [-0.39, 0.29) is 15.7 Å². The van der Waals surface area contributed by atoms with Gasteiger partial charge in [0.15, 0.2) is 5.96 Å². The number of aliphatic imine (C=N–C) groups is 1. The maximum Gasteiger partial charge on any atom is 0.348 e. The molecule has 10 heteroatoms. The average Bonchev–Trinajstić information content (AvgIpc) is 2.20. The summed E-state index contributed by atoms with van der Waals surface area (Å²) in [5, 5.41) is 12.8. The van der Waals surface area contributed by atoms with Crippen LogP contribution in [0.5, 0.6) is 0 Å². The molecule has 96 valence electrons. The summed E-state index contributed by atoms with van der Waals surface area (Å²) in [6.07, 6.45) is 0. The number of carbonyl (C=O) groups excluding carboxylic acids is 1. The van der Waals surface area contributed by atoms with Gasteiger partial charge in [0.05, 0.1) is 9.95 Å². The lowest BCUT2D eigenvalue weighted by Gasteiger charge is -2.06. The molecular formula is C8H7Cl2N5O3. The Kier molecular flexibility index (Phi) is 4.29. The number of nitrogens with two attached hydrogens (primary N) is 2. The third kappa shape index (κ3) is 3.47. The highest BCUT2D eigenvalue weighted by Gasteiger charge is 2.20. The van der Waals surface area contributed by atoms with Crippen molar-refractivity contribution in [2.45, 2.75) is 0 Å². The number of urea groups is 1. The maximum absolute atomic E-state index is 11.3. The molecule has 1 aromatic carbocycles. The van der Waals surface area contributed by atoms with Crippen LogP contribution >= 0.6 is 23.2 Å². The quantitative estimate of drug-likeness (QED) is 0.330. The van der Waals surface area contributed by atoms with Gasteiger partial charge in [0.1, 0.15) is 5.69 Å². The smallest absolute Gasteiger partial charge is 0.348 e. The van der Waals surface area contributed by atoms with Crippen LogP contribution in [0.15, 0.2) is 17.1 Å². The lowest BCUT2D eigenvalue weighted by molar-refractivity contribution is -0.383. The standard InChI is InChI=1S/C8H7Cl2N5O3/c9-3-1-4(10)6(5(2-3)15(17)18)13-8(16)14-7(11)12/h1-2H,(H5,11,12,13,14,16). The third-order valence-electron chi connectivity index (χ3n) is 1.69. The molecule has 0 heterocycles. The van der Waals surface area contributed by atoms with Crippen molar-refractivity contribution in [1.29, 1.82) is 0 Å². The first kappa shape index (κ1) is 14.0. The molecule has 2 amide bonds. The first-order valence-electron chi connectivity index (χ1n) is 4.35. The van der Waals surface area contributed by atoms with Crippen molar-refractivity contribution < 1.29 is 9.72 Å². The second kappa shape index (κ2) is 5.52. The van der Waals surface area contributed by atoms with Crippen LogP contribution in [0.4, 0.5) is 16.2 Å². The summed E-state index contributed by atoms with van der Waals surface area (Å²) in [5.74, 6) is -0.486. The second-order valence-corrected chi connectivity index (χ2v) is 3.85. The van der Waals surface area contributed by atoms with Crippen molar-refractivity contribution in [3.05, 3.63) is 32.3 Å². The van der Waals surface area contributed by atoms with E-state index in [4.69, 9.17) is 34.7 Å². The Morgan fingerprint density at radius 2 is 2.00 bits per heavy atom. The van der Waals surface area contributed by atoms with Crippen molar-refractivity contribution >= 4 is 46.6 Å². The van der Waals surface area contributed by atoms with Gasteiger partial charge in [0.25, 0.3) is 5.69 Å². The van der Waals surface area contributed by atoms with Gasteiger partial charge < -0.3 is 11.5 Å². The Balaban J connectivity index is 3.19. The van der Waals surface area contributed by atoms with E-state index in [9.17, 15) is 14.9 Å². The van der Waals surface area contributed by atoms with E-state index in [1.54, 1.807) is 0 Å². The van der Waals surface area contributed by atoms with Gasteiger partial charge >= 0.3 is 6.03 Å². The molecule has 0 saturated heterocycles. The SMILES string of the molecule is NC(N)=NC(=O)Nc1c(Cl)cc(Cl)cc1[N+](=O)[O-]. The Morgan fingerprint density at radius 1 is 1.39 bits per heavy atom. The van der Waals surface area contributed by atoms with E-state index < -0.39 is 22.6 Å². The Morgan fingerprint density at radius 3 is 2.50 bits per heavy atom. The molecule has 0 radical (unpaired) electrons. The third-order valence-corrected chi connectivity index (χ3v) is 2.21. The van der Waals surface area contributed by atoms with Crippen molar-refractivity contribution in [3.8, 4) is 0 Å². The highest BCUT2D eigenvalue weighted by molar-refractivity contribution is 6.37. The largest absolute Gasteiger partial charge is 0.370 e. The lowest BCUT2D eigenvalue weighted by Crippen LogP contribution is -2.25. The normalized spacial score (nSPS) is 9.67. The number of anilines is 1. The maximum atomic E-state index is 11.3. The molecule has 0 unspecified atom stereocenters. The minimum Gasteiger partial charge on any atom is -0.370 e. The number of nitrogens with one attached hydrogen (secondary N) is 1. The fourth-order valence-electron chi connectivity index (χ4n) is 1.08. The molecule has 5 N–H and O–H groups in total. The number of nitro groups is 1. The van der Waals surface area contributed by atoms with Crippen LogP contribution in [-0.4, -0.2) is 16.9 Å². The van der Waals surface area contributed by atoms with Gasteiger partial charge in [-0.15, -0.1) is 0 Å². The van der Waals surface area contributed by atoms with Crippen LogP contribution in [-0.2, 0) is 0 Å². The van der Waals surface area contributed by atoms with E-state index >= 15 is 0 Å². The van der Waals surface area contributed by atoms with E-state index in [1.807, 2.05) is 0 Å². The predicted molar refractivity (Wildman–Crippen MR) is 67.9 cm³/mol. The summed E-state index contributed by atoms with van der Waals surface area (Å²) in [6.45, 7) is 0. The molecule has 0 fully saturated rings. The van der Waals surface area contributed by atoms with Crippen molar-refractivity contribution in [3.63, 3.8) is 0 Å². The number of amides is 2. The lowest BCUT2D eigenvalue weighted by atomic mass is 10.2. The molecule has 1 aromatic rings. The van der Waals surface area contributed by atoms with Gasteiger partial charge in [-0.2, -0.15) is 4.99 Å². The van der Waals surface area contributed by atoms with Crippen LogP contribution in [0.3, 0.4) is 0 Å². The zero-order chi connectivity index (χ0) is 13.9. The number of nitrogens with zero attached hydrogens (tertiary/aromatic N) is 2. The van der Waals surface area contributed by atoms with Gasteiger partial charge in [-0.25, -0.2) is 4.79 Å². The van der Waals surface area contributed by atoms with Crippen LogP contribution in [0, 0.1) is 10.1 Å². The van der Waals surface area contributed by atoms with E-state index in [0.29, 0.717) is 0 Å². The molecule has 0 aliphatic carbocycles. The number of halogens is 2. The summed E-state index contributed by atoms with van der Waals surface area (Å²) in [4.78, 5) is 24.4. The molecule has 0 aliphatic rings. The monoisotopic (exact) mass is 291 g/mol. The van der Waals surface area contributed by atoms with Crippen molar-refractivity contribution in [2.24, 2.45) is 16.5 Å². The number of hydrogen-bond acceptors (Lipinski definition) is 3. The van der Waals surface area contributed by atoms with Crippen LogP contribution in [0.25, 0.3) is 0 Å². The fourth-order valence-corrected chi connectivity index (χ4v) is 1.61. The second-order valence-electron chi connectivity index (χ2n) is 3.01. The molecule has 0 saturated carbocycles. The molecule has 8 nitrogen and oxygen atoms in total. The van der Waals surface area contributed by atoms with Gasteiger partial charge in [0, 0.05) is 11.1 Å². The molecule has 18 heavy (non-hydrogen) atoms. The molecule has 0 aliphatic heterocycles.